The molecule has 0 saturated heterocycles. The van der Waals surface area contributed by atoms with Crippen molar-refractivity contribution in [3.63, 3.8) is 0 Å². The Morgan fingerprint density at radius 3 is 1.32 bits per heavy atom. The van der Waals surface area contributed by atoms with Crippen molar-refractivity contribution >= 4 is 43.7 Å². The number of furan rings is 1. The molecule has 62 heavy (non-hydrogen) atoms. The van der Waals surface area contributed by atoms with Crippen LogP contribution in [-0.2, 0) is 0 Å². The van der Waals surface area contributed by atoms with Gasteiger partial charge in [-0.3, -0.25) is 0 Å². The van der Waals surface area contributed by atoms with Crippen LogP contribution < -0.4 is 0 Å². The highest BCUT2D eigenvalue weighted by Gasteiger charge is 2.19. The molecule has 0 unspecified atom stereocenters. The van der Waals surface area contributed by atoms with Crippen molar-refractivity contribution in [3.8, 4) is 73.2 Å². The van der Waals surface area contributed by atoms with Crippen molar-refractivity contribution in [1.29, 1.82) is 0 Å². The van der Waals surface area contributed by atoms with E-state index in [9.17, 15) is 0 Å². The Morgan fingerprint density at radius 1 is 0.274 bits per heavy atom. The summed E-state index contributed by atoms with van der Waals surface area (Å²) in [5.74, 6) is 1.78. The fraction of sp³-hybridized carbons (Fsp3) is 0. The van der Waals surface area contributed by atoms with Crippen LogP contribution in [0.5, 0.6) is 0 Å². The molecule has 12 rings (SSSR count). The molecule has 3 heterocycles. The normalized spacial score (nSPS) is 11.5. The highest BCUT2D eigenvalue weighted by atomic mass is 16.3. The van der Waals surface area contributed by atoms with Gasteiger partial charge in [0.1, 0.15) is 11.2 Å². The van der Waals surface area contributed by atoms with Crippen LogP contribution in [0.2, 0.25) is 0 Å². The first-order chi connectivity index (χ1) is 30.7. The average molecular weight is 793 g/mol. The van der Waals surface area contributed by atoms with E-state index in [0.29, 0.717) is 17.5 Å². The number of nitrogens with zero attached hydrogens (tertiary/aromatic N) is 4. The lowest BCUT2D eigenvalue weighted by atomic mass is 10.0. The number of benzene rings is 9. The second kappa shape index (κ2) is 14.7. The molecule has 0 fully saturated rings. The Bertz CT molecular complexity index is 3510. The SMILES string of the molecule is c1ccc(-c2ccc(-n3c4ccccc4c4cc5oc6cc(-c7nc(-c8cccc(-c9ccccc9)c8)nc(-c8cccc(-c9ccccc9)c8)n7)ccc6c5cc43)cc2)cc1. The molecular weight excluding hydrogens is 757 g/mol. The van der Waals surface area contributed by atoms with Gasteiger partial charge in [-0.1, -0.05) is 164 Å². The molecule has 5 heteroatoms. The maximum atomic E-state index is 6.73. The minimum Gasteiger partial charge on any atom is -0.456 e. The van der Waals surface area contributed by atoms with Gasteiger partial charge in [0, 0.05) is 43.9 Å². The Balaban J connectivity index is 0.995. The lowest BCUT2D eigenvalue weighted by molar-refractivity contribution is 0.669. The molecule has 9 aromatic carbocycles. The van der Waals surface area contributed by atoms with E-state index in [2.05, 4.69) is 211 Å². The largest absolute Gasteiger partial charge is 0.456 e. The van der Waals surface area contributed by atoms with Gasteiger partial charge < -0.3 is 8.98 Å². The molecule has 0 saturated carbocycles. The zero-order chi connectivity index (χ0) is 41.0. The quantitative estimate of drug-likeness (QED) is 0.161. The predicted octanol–water partition coefficient (Wildman–Crippen LogP) is 14.9. The second-order valence-corrected chi connectivity index (χ2v) is 15.6. The molecule has 290 valence electrons. The topological polar surface area (TPSA) is 56.7 Å². The van der Waals surface area contributed by atoms with E-state index in [-0.39, 0.29) is 0 Å². The summed E-state index contributed by atoms with van der Waals surface area (Å²) in [7, 11) is 0. The third-order valence-electron chi connectivity index (χ3n) is 11.8. The summed E-state index contributed by atoms with van der Waals surface area (Å²) in [4.78, 5) is 15.4. The Labute approximate surface area is 357 Å². The Kier molecular flexibility index (Phi) is 8.42. The van der Waals surface area contributed by atoms with Crippen LogP contribution in [0.25, 0.3) is 117 Å². The lowest BCUT2D eigenvalue weighted by Gasteiger charge is -2.11. The first-order valence-electron chi connectivity index (χ1n) is 20.8. The van der Waals surface area contributed by atoms with Crippen LogP contribution in [-0.4, -0.2) is 19.5 Å². The number of para-hydroxylation sites is 1. The highest BCUT2D eigenvalue weighted by molar-refractivity contribution is 6.17. The third-order valence-corrected chi connectivity index (χ3v) is 11.8. The van der Waals surface area contributed by atoms with E-state index in [4.69, 9.17) is 19.4 Å². The van der Waals surface area contributed by atoms with Crippen LogP contribution in [0.1, 0.15) is 0 Å². The molecular formula is C57H36N4O. The van der Waals surface area contributed by atoms with Crippen molar-refractivity contribution in [2.75, 3.05) is 0 Å². The van der Waals surface area contributed by atoms with E-state index in [1.54, 1.807) is 0 Å². The van der Waals surface area contributed by atoms with Gasteiger partial charge in [-0.15, -0.1) is 0 Å². The molecule has 3 aromatic heterocycles. The van der Waals surface area contributed by atoms with E-state index in [1.807, 2.05) is 12.1 Å². The number of rotatable bonds is 7. The summed E-state index contributed by atoms with van der Waals surface area (Å²) in [5, 5.41) is 4.40. The molecule has 0 aliphatic heterocycles. The molecule has 0 spiro atoms. The maximum Gasteiger partial charge on any atom is 0.164 e. The van der Waals surface area contributed by atoms with Gasteiger partial charge in [-0.25, -0.2) is 15.0 Å². The minimum absolute atomic E-state index is 0.573. The van der Waals surface area contributed by atoms with E-state index >= 15 is 0 Å². The molecule has 0 aliphatic carbocycles. The van der Waals surface area contributed by atoms with Crippen LogP contribution in [0.3, 0.4) is 0 Å². The van der Waals surface area contributed by atoms with E-state index in [1.165, 1.54) is 16.5 Å². The first kappa shape index (κ1) is 35.5. The summed E-state index contributed by atoms with van der Waals surface area (Å²) in [6, 6.07) is 76.3. The number of fused-ring (bicyclic) bond motifs is 6. The second-order valence-electron chi connectivity index (χ2n) is 15.6. The van der Waals surface area contributed by atoms with Crippen LogP contribution in [0.15, 0.2) is 223 Å². The van der Waals surface area contributed by atoms with Crippen LogP contribution in [0, 0.1) is 0 Å². The molecule has 0 radical (unpaired) electrons. The number of aromatic nitrogens is 4. The van der Waals surface area contributed by atoms with Gasteiger partial charge in [0.2, 0.25) is 0 Å². The molecule has 0 bridgehead atoms. The molecule has 0 N–H and O–H groups in total. The summed E-state index contributed by atoms with van der Waals surface area (Å²) in [5.41, 5.74) is 14.5. The number of hydrogen-bond donors (Lipinski definition) is 0. The maximum absolute atomic E-state index is 6.73. The summed E-state index contributed by atoms with van der Waals surface area (Å²) in [6.07, 6.45) is 0. The fourth-order valence-corrected chi connectivity index (χ4v) is 8.79. The van der Waals surface area contributed by atoms with Crippen LogP contribution in [0.4, 0.5) is 0 Å². The van der Waals surface area contributed by atoms with Crippen molar-refractivity contribution in [2.24, 2.45) is 0 Å². The predicted molar refractivity (Wildman–Crippen MR) is 254 cm³/mol. The minimum atomic E-state index is 0.573. The zero-order valence-electron chi connectivity index (χ0n) is 33.5. The molecule has 0 aliphatic rings. The zero-order valence-corrected chi connectivity index (χ0v) is 33.5. The van der Waals surface area contributed by atoms with Crippen molar-refractivity contribution in [2.45, 2.75) is 0 Å². The smallest absolute Gasteiger partial charge is 0.164 e. The first-order valence-corrected chi connectivity index (χ1v) is 20.8. The lowest BCUT2D eigenvalue weighted by Crippen LogP contribution is -2.00. The van der Waals surface area contributed by atoms with Crippen molar-refractivity contribution in [3.05, 3.63) is 218 Å². The Hall–Kier alpha value is -8.41. The van der Waals surface area contributed by atoms with Gasteiger partial charge in [0.15, 0.2) is 17.5 Å². The van der Waals surface area contributed by atoms with Gasteiger partial charge >= 0.3 is 0 Å². The monoisotopic (exact) mass is 792 g/mol. The number of hydrogen-bond acceptors (Lipinski definition) is 4. The van der Waals surface area contributed by atoms with Gasteiger partial charge in [0.25, 0.3) is 0 Å². The summed E-state index contributed by atoms with van der Waals surface area (Å²) >= 11 is 0. The molecule has 12 aromatic rings. The highest BCUT2D eigenvalue weighted by Crippen LogP contribution is 2.40. The van der Waals surface area contributed by atoms with Crippen LogP contribution >= 0.6 is 0 Å². The third kappa shape index (κ3) is 6.23. The van der Waals surface area contributed by atoms with Gasteiger partial charge in [-0.2, -0.15) is 0 Å². The Morgan fingerprint density at radius 2 is 0.726 bits per heavy atom. The molecule has 0 atom stereocenters. The van der Waals surface area contributed by atoms with E-state index < -0.39 is 0 Å². The standard InChI is InChI=1S/C57H36N4O/c1-4-14-37(15-5-1)40-26-29-46(30-27-40)61-51-25-11-10-24-47(51)49-36-54-50(35-52(49)61)48-31-28-45(34-53(48)62-54)57-59-55(43-22-12-20-41(32-43)38-16-6-2-7-17-38)58-56(60-57)44-23-13-21-42(33-44)39-18-8-3-9-19-39/h1-36H. The van der Waals surface area contributed by atoms with Crippen molar-refractivity contribution < 1.29 is 4.42 Å². The molecule has 0 amide bonds. The molecule has 5 nitrogen and oxygen atoms in total. The van der Waals surface area contributed by atoms with Gasteiger partial charge in [-0.05, 0) is 88.0 Å². The average Bonchev–Trinajstić information content (AvgIpc) is 3.88. The summed E-state index contributed by atoms with van der Waals surface area (Å²) < 4.78 is 9.09. The summed E-state index contributed by atoms with van der Waals surface area (Å²) in [6.45, 7) is 0. The fourth-order valence-electron chi connectivity index (χ4n) is 8.79. The van der Waals surface area contributed by atoms with E-state index in [0.717, 1.165) is 83.0 Å². The van der Waals surface area contributed by atoms with Crippen molar-refractivity contribution in [1.82, 2.24) is 19.5 Å². The van der Waals surface area contributed by atoms with Gasteiger partial charge in [0.05, 0.1) is 11.0 Å².